The molecule has 0 fully saturated rings. The van der Waals surface area contributed by atoms with Crippen LogP contribution in [0, 0.1) is 6.92 Å². The molecule has 3 heterocycles. The van der Waals surface area contributed by atoms with E-state index in [1.807, 2.05) is 46.8 Å². The number of benzene rings is 3. The molecule has 9 nitrogen and oxygen atoms in total. The number of rotatable bonds is 12. The molecule has 0 atom stereocenters. The highest BCUT2D eigenvalue weighted by Crippen LogP contribution is 2.40. The first kappa shape index (κ1) is 42.8. The van der Waals surface area contributed by atoms with Crippen LogP contribution in [0.1, 0.15) is 77.4 Å². The Bertz CT molecular complexity index is 2310. The number of nitrogens with zero attached hydrogens (tertiary/aromatic N) is 2. The fourth-order valence-corrected chi connectivity index (χ4v) is 7.23. The maximum atomic E-state index is 13.0. The molecule has 3 aromatic heterocycles. The summed E-state index contributed by atoms with van der Waals surface area (Å²) in [6, 6.07) is 20.4. The van der Waals surface area contributed by atoms with Crippen molar-refractivity contribution < 1.29 is 59.5 Å². The molecule has 17 heteroatoms. The van der Waals surface area contributed by atoms with Crippen LogP contribution in [0.15, 0.2) is 87.9 Å². The van der Waals surface area contributed by atoms with Gasteiger partial charge in [0.05, 0.1) is 5.56 Å². The van der Waals surface area contributed by atoms with Crippen molar-refractivity contribution in [2.24, 2.45) is 0 Å². The Kier molecular flexibility index (Phi) is 13.4. The van der Waals surface area contributed by atoms with Crippen molar-refractivity contribution in [2.75, 3.05) is 0 Å². The summed E-state index contributed by atoms with van der Waals surface area (Å²) in [5, 5.41) is 17.6. The van der Waals surface area contributed by atoms with E-state index in [-0.39, 0.29) is 51.6 Å². The predicted octanol–water partition coefficient (Wildman–Crippen LogP) is 12.9. The Labute approximate surface area is 335 Å². The van der Waals surface area contributed by atoms with Crippen LogP contribution in [0.3, 0.4) is 0 Å². The fourth-order valence-electron chi connectivity index (χ4n) is 5.75. The van der Waals surface area contributed by atoms with Gasteiger partial charge in [-0.1, -0.05) is 78.2 Å². The highest BCUT2D eigenvalue weighted by molar-refractivity contribution is 9.08. The first-order chi connectivity index (χ1) is 26.9. The number of para-hydroxylation sites is 2. The van der Waals surface area contributed by atoms with E-state index in [4.69, 9.17) is 13.8 Å². The first-order valence-corrected chi connectivity index (χ1v) is 19.1. The van der Waals surface area contributed by atoms with Crippen LogP contribution in [-0.2, 0) is 11.9 Å². The molecule has 0 spiro atoms. The molecule has 0 unspecified atom stereocenters. The molecule has 0 bridgehead atoms. The molecule has 0 amide bonds. The number of carboxylic acid groups (broad SMARTS) is 1. The zero-order chi connectivity index (χ0) is 41.7. The average Bonchev–Trinajstić information content (AvgIpc) is 3.89. The lowest BCUT2D eigenvalue weighted by Gasteiger charge is -2.14. The molecule has 0 aliphatic rings. The van der Waals surface area contributed by atoms with Gasteiger partial charge in [0, 0.05) is 38.7 Å². The van der Waals surface area contributed by atoms with Crippen molar-refractivity contribution in [3.8, 4) is 50.2 Å². The monoisotopic (exact) mass is 880 g/mol. The molecular weight excluding hydrogens is 846 g/mol. The van der Waals surface area contributed by atoms with Crippen molar-refractivity contribution in [2.45, 2.75) is 71.1 Å². The molecule has 6 rings (SSSR count). The third-order valence-electron chi connectivity index (χ3n) is 8.22. The van der Waals surface area contributed by atoms with Crippen LogP contribution in [0.5, 0.6) is 17.2 Å². The standard InChI is InChI=1S/C26H22F3NO5S.C14H13BrF3NO2/c1-14(2)24-19(23(30-35-24)18-6-4-5-7-20(18)34-26(27,28)29)13-33-16-8-9-17(15(3)12-16)21-10-11-22(36-21)25(31)32;1-8(2)13-10(7-15)12(19-21-13)9-5-3-4-6-11(9)20-14(16,17)18/h4-12,14H,13H2,1-3H3,(H,31,32);3-6,8H,7H2,1-2H3. The van der Waals surface area contributed by atoms with E-state index in [1.165, 1.54) is 47.7 Å². The van der Waals surface area contributed by atoms with Gasteiger partial charge in [-0.3, -0.25) is 0 Å². The molecule has 0 saturated heterocycles. The number of carboxylic acids is 1. The number of thiophene rings is 1. The van der Waals surface area contributed by atoms with E-state index in [0.29, 0.717) is 33.9 Å². The van der Waals surface area contributed by atoms with Crippen LogP contribution in [0.4, 0.5) is 26.3 Å². The second-order valence-corrected chi connectivity index (χ2v) is 14.7. The summed E-state index contributed by atoms with van der Waals surface area (Å²) in [5.74, 6) is 0.0112. The summed E-state index contributed by atoms with van der Waals surface area (Å²) < 4.78 is 101. The summed E-state index contributed by atoms with van der Waals surface area (Å²) in [6.07, 6.45) is -9.61. The van der Waals surface area contributed by atoms with Crippen LogP contribution in [-0.4, -0.2) is 34.1 Å². The van der Waals surface area contributed by atoms with Gasteiger partial charge in [0.2, 0.25) is 0 Å². The minimum atomic E-state index is -4.86. The maximum Gasteiger partial charge on any atom is 0.573 e. The summed E-state index contributed by atoms with van der Waals surface area (Å²) in [5.41, 5.74) is 3.97. The van der Waals surface area contributed by atoms with Gasteiger partial charge in [-0.25, -0.2) is 4.79 Å². The predicted molar refractivity (Wildman–Crippen MR) is 204 cm³/mol. The third kappa shape index (κ3) is 10.8. The van der Waals surface area contributed by atoms with Crippen LogP contribution in [0.2, 0.25) is 0 Å². The number of carbonyl (C=O) groups is 1. The van der Waals surface area contributed by atoms with Crippen molar-refractivity contribution >= 4 is 33.2 Å². The molecule has 0 saturated carbocycles. The number of hydrogen-bond acceptors (Lipinski definition) is 9. The Balaban J connectivity index is 0.000000251. The Hall–Kier alpha value is -5.29. The molecule has 6 aromatic rings. The van der Waals surface area contributed by atoms with Crippen molar-refractivity contribution in [3.05, 3.63) is 112 Å². The van der Waals surface area contributed by atoms with Gasteiger partial charge >= 0.3 is 18.7 Å². The number of ether oxygens (including phenoxy) is 3. The Morgan fingerprint density at radius 3 is 1.72 bits per heavy atom. The number of aromatic carboxylic acids is 1. The number of aryl methyl sites for hydroxylation is 1. The van der Waals surface area contributed by atoms with Gasteiger partial charge in [0.1, 0.15) is 51.6 Å². The zero-order valence-electron chi connectivity index (χ0n) is 30.9. The minimum absolute atomic E-state index is 0.00759. The Morgan fingerprint density at radius 1 is 0.754 bits per heavy atom. The summed E-state index contributed by atoms with van der Waals surface area (Å²) in [4.78, 5) is 12.3. The lowest BCUT2D eigenvalue weighted by atomic mass is 10.0. The molecule has 302 valence electrons. The van der Waals surface area contributed by atoms with Gasteiger partial charge < -0.3 is 28.4 Å². The van der Waals surface area contributed by atoms with Gasteiger partial charge in [-0.2, -0.15) is 0 Å². The molecule has 3 aromatic carbocycles. The molecule has 0 aliphatic heterocycles. The van der Waals surface area contributed by atoms with Crippen molar-refractivity contribution in [1.82, 2.24) is 10.3 Å². The van der Waals surface area contributed by atoms with Crippen molar-refractivity contribution in [3.63, 3.8) is 0 Å². The molecule has 1 N–H and O–H groups in total. The topological polar surface area (TPSA) is 117 Å². The van der Waals surface area contributed by atoms with E-state index in [0.717, 1.165) is 21.6 Å². The van der Waals surface area contributed by atoms with Crippen LogP contribution < -0.4 is 14.2 Å². The maximum absolute atomic E-state index is 13.0. The number of aromatic nitrogens is 2. The SMILES string of the molecule is CC(C)c1onc(-c2ccccc2OC(F)(F)F)c1CBr.Cc1cc(OCc2c(-c3ccccc3OC(F)(F)F)noc2C(C)C)ccc1-c1ccc(C(=O)O)s1. The normalized spacial score (nSPS) is 11.8. The average molecular weight is 882 g/mol. The second-order valence-electron chi connectivity index (χ2n) is 13.0. The van der Waals surface area contributed by atoms with E-state index >= 15 is 0 Å². The summed E-state index contributed by atoms with van der Waals surface area (Å²) in [6.45, 7) is 9.52. The van der Waals surface area contributed by atoms with E-state index in [9.17, 15) is 36.2 Å². The molecule has 0 aliphatic carbocycles. The van der Waals surface area contributed by atoms with E-state index < -0.39 is 18.7 Å². The summed E-state index contributed by atoms with van der Waals surface area (Å²) >= 11 is 4.51. The zero-order valence-corrected chi connectivity index (χ0v) is 33.3. The highest BCUT2D eigenvalue weighted by Gasteiger charge is 2.34. The fraction of sp³-hybridized carbons (Fsp3) is 0.275. The first-order valence-electron chi connectivity index (χ1n) is 17.2. The molecular formula is C40H35BrF6N2O7S. The van der Waals surface area contributed by atoms with Gasteiger partial charge in [-0.15, -0.1) is 37.7 Å². The smallest absolute Gasteiger partial charge is 0.489 e. The lowest BCUT2D eigenvalue weighted by Crippen LogP contribution is -2.17. The van der Waals surface area contributed by atoms with Gasteiger partial charge in [0.15, 0.2) is 0 Å². The van der Waals surface area contributed by atoms with E-state index in [2.05, 4.69) is 35.7 Å². The second kappa shape index (κ2) is 17.9. The Morgan fingerprint density at radius 2 is 1.26 bits per heavy atom. The molecule has 57 heavy (non-hydrogen) atoms. The highest BCUT2D eigenvalue weighted by atomic mass is 79.9. The van der Waals surface area contributed by atoms with Crippen molar-refractivity contribution in [1.29, 1.82) is 0 Å². The van der Waals surface area contributed by atoms with Gasteiger partial charge in [-0.05, 0) is 72.6 Å². The van der Waals surface area contributed by atoms with E-state index in [1.54, 1.807) is 30.3 Å². The number of halogens is 7. The summed E-state index contributed by atoms with van der Waals surface area (Å²) in [7, 11) is 0. The lowest BCUT2D eigenvalue weighted by molar-refractivity contribution is -0.275. The number of alkyl halides is 7. The number of hydrogen-bond donors (Lipinski definition) is 1. The van der Waals surface area contributed by atoms with Crippen LogP contribution >= 0.6 is 27.3 Å². The third-order valence-corrected chi connectivity index (χ3v) is 9.89. The quantitative estimate of drug-likeness (QED) is 0.0947. The molecule has 0 radical (unpaired) electrons. The van der Waals surface area contributed by atoms with Gasteiger partial charge in [0.25, 0.3) is 0 Å². The van der Waals surface area contributed by atoms with Crippen LogP contribution in [0.25, 0.3) is 33.0 Å². The minimum Gasteiger partial charge on any atom is -0.489 e. The largest absolute Gasteiger partial charge is 0.573 e.